The Morgan fingerprint density at radius 3 is 2.59 bits per heavy atom. The summed E-state index contributed by atoms with van der Waals surface area (Å²) in [4.78, 5) is 6.09. The average Bonchev–Trinajstić information content (AvgIpc) is 2.76. The minimum Gasteiger partial charge on any atom is -0.371 e. The quantitative estimate of drug-likeness (QED) is 0.775. The van der Waals surface area contributed by atoms with Gasteiger partial charge in [0, 0.05) is 18.0 Å². The van der Waals surface area contributed by atoms with E-state index in [0.29, 0.717) is 0 Å². The second-order valence-electron chi connectivity index (χ2n) is 3.91. The van der Waals surface area contributed by atoms with Crippen LogP contribution in [0.5, 0.6) is 0 Å². The molecular formula is C13H24N2OS. The molecule has 3 nitrogen and oxygen atoms in total. The van der Waals surface area contributed by atoms with Gasteiger partial charge in [0.05, 0.1) is 5.69 Å². The zero-order valence-electron chi connectivity index (χ0n) is 11.4. The number of rotatable bonds is 8. The minimum absolute atomic E-state index is 0.172. The van der Waals surface area contributed by atoms with Crippen LogP contribution in [0, 0.1) is 0 Å². The number of thiazole rings is 1. The third-order valence-electron chi connectivity index (χ3n) is 2.68. The molecule has 0 saturated carbocycles. The lowest BCUT2D eigenvalue weighted by Crippen LogP contribution is -2.11. The van der Waals surface area contributed by atoms with Gasteiger partial charge in [0.25, 0.3) is 0 Å². The van der Waals surface area contributed by atoms with E-state index in [9.17, 15) is 0 Å². The summed E-state index contributed by atoms with van der Waals surface area (Å²) in [6.07, 6.45) is 2.16. The van der Waals surface area contributed by atoms with Gasteiger partial charge in [0.1, 0.15) is 11.1 Å². The fourth-order valence-electron chi connectivity index (χ4n) is 1.76. The van der Waals surface area contributed by atoms with Gasteiger partial charge in [-0.2, -0.15) is 0 Å². The molecule has 1 rings (SSSR count). The first-order valence-electron chi connectivity index (χ1n) is 6.57. The first-order chi connectivity index (χ1) is 8.26. The van der Waals surface area contributed by atoms with Gasteiger partial charge >= 0.3 is 0 Å². The molecule has 0 bridgehead atoms. The number of ether oxygens (including phenoxy) is 1. The van der Waals surface area contributed by atoms with Gasteiger partial charge in [0.2, 0.25) is 0 Å². The molecule has 0 spiro atoms. The maximum absolute atomic E-state index is 5.72. The lowest BCUT2D eigenvalue weighted by molar-refractivity contribution is 0.0595. The maximum Gasteiger partial charge on any atom is 0.122 e. The molecule has 0 aliphatic heterocycles. The van der Waals surface area contributed by atoms with Crippen LogP contribution in [0.3, 0.4) is 0 Å². The van der Waals surface area contributed by atoms with Crippen molar-refractivity contribution in [3.63, 3.8) is 0 Å². The largest absolute Gasteiger partial charge is 0.371 e. The van der Waals surface area contributed by atoms with E-state index in [0.717, 1.165) is 37.5 Å². The molecule has 0 saturated heterocycles. The summed E-state index contributed by atoms with van der Waals surface area (Å²) in [5, 5.41) is 4.51. The molecule has 1 aromatic heterocycles. The normalized spacial score (nSPS) is 12.9. The Bertz CT molecular complexity index is 325. The second-order valence-corrected chi connectivity index (χ2v) is 5.02. The van der Waals surface area contributed by atoms with Crippen LogP contribution >= 0.6 is 11.3 Å². The van der Waals surface area contributed by atoms with E-state index in [2.05, 4.69) is 26.1 Å². The van der Waals surface area contributed by atoms with Crippen molar-refractivity contribution in [3.05, 3.63) is 15.6 Å². The van der Waals surface area contributed by atoms with Crippen LogP contribution in [0.25, 0.3) is 0 Å². The molecule has 0 amide bonds. The Morgan fingerprint density at radius 1 is 1.29 bits per heavy atom. The fraction of sp³-hybridized carbons (Fsp3) is 0.769. The van der Waals surface area contributed by atoms with Crippen LogP contribution in [-0.2, 0) is 17.7 Å². The highest BCUT2D eigenvalue weighted by Gasteiger charge is 2.17. The highest BCUT2D eigenvalue weighted by molar-refractivity contribution is 7.11. The number of hydrogen-bond acceptors (Lipinski definition) is 4. The zero-order chi connectivity index (χ0) is 12.7. The molecule has 0 aliphatic rings. The van der Waals surface area contributed by atoms with Crippen LogP contribution in [0.1, 0.15) is 55.8 Å². The van der Waals surface area contributed by atoms with E-state index in [1.165, 1.54) is 10.6 Å². The number of nitrogens with one attached hydrogen (secondary N) is 1. The summed E-state index contributed by atoms with van der Waals surface area (Å²) in [6.45, 7) is 11.2. The summed E-state index contributed by atoms with van der Waals surface area (Å²) in [5.41, 5.74) is 1.23. The number of nitrogens with zero attached hydrogens (tertiary/aromatic N) is 1. The van der Waals surface area contributed by atoms with Crippen LogP contribution in [0.4, 0.5) is 0 Å². The van der Waals surface area contributed by atoms with Crippen molar-refractivity contribution in [1.29, 1.82) is 0 Å². The number of aromatic nitrogens is 1. The minimum atomic E-state index is 0.172. The van der Waals surface area contributed by atoms with Crippen LogP contribution in [0.15, 0.2) is 0 Å². The maximum atomic E-state index is 5.72. The highest BCUT2D eigenvalue weighted by Crippen LogP contribution is 2.28. The average molecular weight is 256 g/mol. The highest BCUT2D eigenvalue weighted by atomic mass is 32.1. The Hall–Kier alpha value is -0.450. The van der Waals surface area contributed by atoms with Crippen molar-refractivity contribution in [3.8, 4) is 0 Å². The molecule has 17 heavy (non-hydrogen) atoms. The van der Waals surface area contributed by atoms with Crippen LogP contribution in [-0.4, -0.2) is 18.1 Å². The van der Waals surface area contributed by atoms with Crippen molar-refractivity contribution < 1.29 is 4.74 Å². The zero-order valence-corrected chi connectivity index (χ0v) is 12.2. The third-order valence-corrected chi connectivity index (χ3v) is 3.87. The molecule has 1 aromatic rings. The van der Waals surface area contributed by atoms with Crippen molar-refractivity contribution in [1.82, 2.24) is 10.3 Å². The van der Waals surface area contributed by atoms with E-state index in [1.54, 1.807) is 11.3 Å². The van der Waals surface area contributed by atoms with E-state index < -0.39 is 0 Å². The van der Waals surface area contributed by atoms with E-state index in [1.807, 2.05) is 6.92 Å². The molecule has 0 fully saturated rings. The molecule has 1 heterocycles. The van der Waals surface area contributed by atoms with E-state index >= 15 is 0 Å². The number of hydrogen-bond donors (Lipinski definition) is 1. The molecule has 1 N–H and O–H groups in total. The van der Waals surface area contributed by atoms with Crippen LogP contribution < -0.4 is 5.32 Å². The molecule has 4 heteroatoms. The van der Waals surface area contributed by atoms with Crippen molar-refractivity contribution in [2.45, 2.75) is 53.2 Å². The van der Waals surface area contributed by atoms with Gasteiger partial charge in [0.15, 0.2) is 0 Å². The summed E-state index contributed by atoms with van der Waals surface area (Å²) in [5.74, 6) is 0. The summed E-state index contributed by atoms with van der Waals surface area (Å²) >= 11 is 1.80. The van der Waals surface area contributed by atoms with Gasteiger partial charge in [-0.15, -0.1) is 11.3 Å². The molecule has 0 radical (unpaired) electrons. The SMILES string of the molecule is CCNCc1sc(C(CC)OCC)nc1CC. The summed E-state index contributed by atoms with van der Waals surface area (Å²) in [7, 11) is 0. The van der Waals surface area contributed by atoms with E-state index in [4.69, 9.17) is 9.72 Å². The number of aryl methyl sites for hydroxylation is 1. The topological polar surface area (TPSA) is 34.1 Å². The van der Waals surface area contributed by atoms with Gasteiger partial charge in [-0.25, -0.2) is 4.98 Å². The first-order valence-corrected chi connectivity index (χ1v) is 7.39. The van der Waals surface area contributed by atoms with Crippen molar-refractivity contribution in [2.24, 2.45) is 0 Å². The van der Waals surface area contributed by atoms with Gasteiger partial charge in [-0.05, 0) is 26.3 Å². The van der Waals surface area contributed by atoms with Gasteiger partial charge < -0.3 is 10.1 Å². The Balaban J connectivity index is 2.82. The monoisotopic (exact) mass is 256 g/mol. The van der Waals surface area contributed by atoms with Crippen molar-refractivity contribution in [2.75, 3.05) is 13.2 Å². The predicted octanol–water partition coefficient (Wildman–Crippen LogP) is 3.30. The van der Waals surface area contributed by atoms with Crippen LogP contribution in [0.2, 0.25) is 0 Å². The molecule has 0 aliphatic carbocycles. The van der Waals surface area contributed by atoms with E-state index in [-0.39, 0.29) is 6.10 Å². The molecule has 0 aromatic carbocycles. The molecule has 98 valence electrons. The van der Waals surface area contributed by atoms with Gasteiger partial charge in [-0.3, -0.25) is 0 Å². The Kier molecular flexibility index (Phi) is 6.70. The third kappa shape index (κ3) is 4.05. The Morgan fingerprint density at radius 2 is 2.06 bits per heavy atom. The summed E-state index contributed by atoms with van der Waals surface area (Å²) < 4.78 is 5.72. The fourth-order valence-corrected chi connectivity index (χ4v) is 3.02. The lowest BCUT2D eigenvalue weighted by atomic mass is 10.2. The smallest absolute Gasteiger partial charge is 0.122 e. The first kappa shape index (κ1) is 14.6. The molecular weight excluding hydrogens is 232 g/mol. The second kappa shape index (κ2) is 7.80. The summed E-state index contributed by atoms with van der Waals surface area (Å²) in [6, 6.07) is 0. The Labute approximate surface area is 109 Å². The standard InChI is InChI=1S/C13H24N2OS/c1-5-10-12(9-14-7-3)17-13(15-10)11(6-2)16-8-4/h11,14H,5-9H2,1-4H3. The molecule has 1 atom stereocenters. The lowest BCUT2D eigenvalue weighted by Gasteiger charge is -2.11. The van der Waals surface area contributed by atoms with Crippen molar-refractivity contribution >= 4 is 11.3 Å². The predicted molar refractivity (Wildman–Crippen MR) is 73.5 cm³/mol. The van der Waals surface area contributed by atoms with Gasteiger partial charge in [-0.1, -0.05) is 20.8 Å². The molecule has 1 unspecified atom stereocenters.